The first-order valence-corrected chi connectivity index (χ1v) is 7.04. The molecular formula is C13H19BOSY-. The van der Waals surface area contributed by atoms with Crippen LogP contribution < -0.4 is 0 Å². The largest absolute Gasteiger partial charge is 0.396 e. The smallest absolute Gasteiger partial charge is 0.210 e. The van der Waals surface area contributed by atoms with E-state index >= 15 is 0 Å². The van der Waals surface area contributed by atoms with Crippen LogP contribution in [0.5, 0.6) is 0 Å². The van der Waals surface area contributed by atoms with Gasteiger partial charge in [-0.1, -0.05) is 38.3 Å². The van der Waals surface area contributed by atoms with Crippen LogP contribution in [0.1, 0.15) is 25.3 Å². The number of aliphatic hydroxyl groups excluding tert-OH is 1. The molecule has 1 aliphatic heterocycles. The van der Waals surface area contributed by atoms with Crippen molar-refractivity contribution >= 4 is 18.6 Å². The predicted octanol–water partition coefficient (Wildman–Crippen LogP) is 3.04. The van der Waals surface area contributed by atoms with Gasteiger partial charge in [0.1, 0.15) is 7.28 Å². The Balaban J connectivity index is 0.00000162. The topological polar surface area (TPSA) is 20.2 Å². The Labute approximate surface area is 136 Å². The van der Waals surface area contributed by atoms with E-state index in [0.29, 0.717) is 24.3 Å². The number of aryl methyl sites for hydroxylation is 1. The van der Waals surface area contributed by atoms with E-state index in [1.165, 1.54) is 24.7 Å². The fourth-order valence-corrected chi connectivity index (χ4v) is 3.33. The SMILES string of the molecule is [2H]OC[C@H]1C(C)C[B][C@@H]1CCCc1c[c-]sc1.[Y]. The zero-order valence-electron chi connectivity index (χ0n) is 11.4. The third-order valence-corrected chi connectivity index (χ3v) is 4.48. The number of hydrogen-bond acceptors (Lipinski definition) is 2. The summed E-state index contributed by atoms with van der Waals surface area (Å²) >= 11 is 1.65. The molecule has 1 unspecified atom stereocenters. The van der Waals surface area contributed by atoms with Crippen molar-refractivity contribution in [2.24, 2.45) is 11.8 Å². The molecule has 90 valence electrons. The van der Waals surface area contributed by atoms with Crippen molar-refractivity contribution in [3.8, 4) is 0 Å². The van der Waals surface area contributed by atoms with Crippen LogP contribution in [0.15, 0.2) is 11.4 Å². The molecule has 0 amide bonds. The monoisotopic (exact) mass is 324 g/mol. The van der Waals surface area contributed by atoms with Crippen LogP contribution in [0.4, 0.5) is 0 Å². The van der Waals surface area contributed by atoms with Gasteiger partial charge >= 0.3 is 0 Å². The fourth-order valence-electron chi connectivity index (χ4n) is 2.71. The molecule has 1 nitrogen and oxygen atoms in total. The van der Waals surface area contributed by atoms with Crippen LogP contribution in [-0.4, -0.2) is 20.4 Å². The van der Waals surface area contributed by atoms with Gasteiger partial charge in [0.15, 0.2) is 0 Å². The molecule has 0 saturated carbocycles. The molecule has 17 heavy (non-hydrogen) atoms. The number of aliphatic hydroxyl groups is 1. The van der Waals surface area contributed by atoms with Crippen molar-refractivity contribution in [2.45, 2.75) is 38.3 Å². The fraction of sp³-hybridized carbons (Fsp3) is 0.692. The van der Waals surface area contributed by atoms with Gasteiger partial charge in [-0.25, -0.2) is 0 Å². The van der Waals surface area contributed by atoms with Crippen molar-refractivity contribution in [2.75, 3.05) is 6.61 Å². The second kappa shape index (κ2) is 8.09. The maximum Gasteiger partial charge on any atom is 0.210 e. The Morgan fingerprint density at radius 3 is 3.29 bits per heavy atom. The average Bonchev–Trinajstić information content (AvgIpc) is 2.93. The number of thiophene rings is 1. The first-order chi connectivity index (χ1) is 8.31. The summed E-state index contributed by atoms with van der Waals surface area (Å²) in [6.07, 6.45) is 4.80. The predicted molar refractivity (Wildman–Crippen MR) is 70.1 cm³/mol. The molecule has 2 radical (unpaired) electrons. The van der Waals surface area contributed by atoms with Crippen molar-refractivity contribution < 1.29 is 37.8 Å². The second-order valence-electron chi connectivity index (χ2n) is 4.91. The van der Waals surface area contributed by atoms with E-state index in [1.54, 1.807) is 11.3 Å². The normalized spacial score (nSPS) is 28.3. The van der Waals surface area contributed by atoms with E-state index in [9.17, 15) is 0 Å². The van der Waals surface area contributed by atoms with Crippen LogP contribution in [0.25, 0.3) is 0 Å². The summed E-state index contributed by atoms with van der Waals surface area (Å²) in [7, 11) is 2.44. The van der Waals surface area contributed by atoms with E-state index in [2.05, 4.69) is 36.1 Å². The Bertz CT molecular complexity index is 323. The van der Waals surface area contributed by atoms with E-state index in [1.807, 2.05) is 0 Å². The zero-order valence-corrected chi connectivity index (χ0v) is 14.0. The molecule has 1 saturated heterocycles. The summed E-state index contributed by atoms with van der Waals surface area (Å²) < 4.78 is 6.92. The molecule has 1 N–H and O–H groups in total. The second-order valence-corrected chi connectivity index (χ2v) is 5.62. The Morgan fingerprint density at radius 1 is 1.71 bits per heavy atom. The van der Waals surface area contributed by atoms with Gasteiger partial charge in [0.25, 0.3) is 0 Å². The molecule has 0 aliphatic carbocycles. The standard InChI is InChI=1S/C13H19BOS.Y/c1-10-7-14-13(12(10)8-15)4-2-3-11-5-6-16-9-11;/h5,9-10,12-13,15H,2-4,7-8H2,1H3;/q-1;/t10?,12-,13+;/m0./s1/i15D;. The maximum absolute atomic E-state index is 6.92. The van der Waals surface area contributed by atoms with Crippen molar-refractivity contribution in [1.29, 1.82) is 1.43 Å². The summed E-state index contributed by atoms with van der Waals surface area (Å²) in [5.41, 5.74) is 1.41. The third kappa shape index (κ3) is 4.45. The van der Waals surface area contributed by atoms with Gasteiger partial charge in [-0.3, -0.25) is 0 Å². The van der Waals surface area contributed by atoms with Crippen LogP contribution in [-0.2, 0) is 39.1 Å². The van der Waals surface area contributed by atoms with Gasteiger partial charge in [-0.05, 0) is 11.8 Å². The molecule has 1 aliphatic rings. The minimum Gasteiger partial charge on any atom is -0.396 e. The van der Waals surface area contributed by atoms with Gasteiger partial charge < -0.3 is 16.4 Å². The van der Waals surface area contributed by atoms with Crippen LogP contribution in [0.2, 0.25) is 12.1 Å². The summed E-state index contributed by atoms with van der Waals surface area (Å²) in [5.74, 6) is 1.89. The minimum atomic E-state index is 0. The van der Waals surface area contributed by atoms with Gasteiger partial charge in [0.05, 0.1) is 0 Å². The molecule has 1 aromatic rings. The summed E-state index contributed by atoms with van der Waals surface area (Å²) in [5, 5.41) is 9.92. The van der Waals surface area contributed by atoms with Gasteiger partial charge in [0, 0.05) is 39.3 Å². The molecule has 4 heteroatoms. The third-order valence-electron chi connectivity index (χ3n) is 3.81. The van der Waals surface area contributed by atoms with Gasteiger partial charge in [0.2, 0.25) is 1.43 Å². The molecule has 1 fully saturated rings. The van der Waals surface area contributed by atoms with Crippen LogP contribution >= 0.6 is 11.3 Å². The Hall–Kier alpha value is 0.829. The molecular weight excluding hydrogens is 304 g/mol. The maximum atomic E-state index is 6.92. The van der Waals surface area contributed by atoms with Gasteiger partial charge in [-0.2, -0.15) is 17.0 Å². The summed E-state index contributed by atoms with van der Waals surface area (Å²) in [6.45, 7) is 2.86. The summed E-state index contributed by atoms with van der Waals surface area (Å²) in [6, 6.07) is 2.09. The number of hydrogen-bond donors (Lipinski definition) is 1. The Morgan fingerprint density at radius 2 is 2.59 bits per heavy atom. The Kier molecular flexibility index (Phi) is 6.78. The van der Waals surface area contributed by atoms with E-state index < -0.39 is 0 Å². The van der Waals surface area contributed by atoms with Crippen molar-refractivity contribution in [3.63, 3.8) is 0 Å². The molecule has 0 bridgehead atoms. The quantitative estimate of drug-likeness (QED) is 0.630. The molecule has 2 heterocycles. The summed E-state index contributed by atoms with van der Waals surface area (Å²) in [4.78, 5) is 0. The molecule has 3 atom stereocenters. The van der Waals surface area contributed by atoms with E-state index in [-0.39, 0.29) is 32.7 Å². The average molecular weight is 324 g/mol. The first-order valence-electron chi connectivity index (χ1n) is 6.57. The molecule has 0 spiro atoms. The van der Waals surface area contributed by atoms with Crippen molar-refractivity contribution in [1.82, 2.24) is 0 Å². The number of rotatable bonds is 6. The first kappa shape index (κ1) is 14.2. The zero-order chi connectivity index (χ0) is 12.1. The molecule has 0 aromatic carbocycles. The minimum absolute atomic E-state index is 0. The molecule has 1 aromatic heterocycles. The van der Waals surface area contributed by atoms with Crippen LogP contribution in [0.3, 0.4) is 0 Å². The van der Waals surface area contributed by atoms with Crippen LogP contribution in [0, 0.1) is 17.2 Å². The van der Waals surface area contributed by atoms with Crippen molar-refractivity contribution in [3.05, 3.63) is 22.4 Å². The van der Waals surface area contributed by atoms with Gasteiger partial charge in [-0.15, -0.1) is 5.38 Å². The molecule has 2 rings (SSSR count). The van der Waals surface area contributed by atoms with E-state index in [4.69, 9.17) is 1.43 Å². The van der Waals surface area contributed by atoms with E-state index in [0.717, 1.165) is 6.42 Å².